The number of benzene rings is 5. The first-order valence-electron chi connectivity index (χ1n) is 11.4. The molecule has 1 spiro atoms. The third-order valence-corrected chi connectivity index (χ3v) is 7.47. The van der Waals surface area contributed by atoms with E-state index >= 15 is 0 Å². The van der Waals surface area contributed by atoms with Crippen LogP contribution in [-0.2, 0) is 5.41 Å². The van der Waals surface area contributed by atoms with Crippen LogP contribution >= 0.6 is 0 Å². The maximum Gasteiger partial charge on any atom is 0.137 e. The standard InChI is InChI=1S/C31H19NO/c1-4-12-23-19(9-1)20-10-2-5-13-24(20)31(23)25-14-6-7-15-27(25)32-28-18-30-22(17-26(28)31)21-11-3-8-16-29(21)33-30/h1-18,32H. The third kappa shape index (κ3) is 2.00. The molecule has 0 fully saturated rings. The average molecular weight is 421 g/mol. The highest BCUT2D eigenvalue weighted by atomic mass is 16.3. The summed E-state index contributed by atoms with van der Waals surface area (Å²) in [6.45, 7) is 0. The van der Waals surface area contributed by atoms with E-state index in [1.165, 1.54) is 33.4 Å². The molecule has 6 aromatic rings. The lowest BCUT2D eigenvalue weighted by atomic mass is 9.65. The van der Waals surface area contributed by atoms with Gasteiger partial charge in [0.1, 0.15) is 11.2 Å². The van der Waals surface area contributed by atoms with Crippen LogP contribution in [0.4, 0.5) is 11.4 Å². The summed E-state index contributed by atoms with van der Waals surface area (Å²) in [5, 5.41) is 6.05. The second-order valence-electron chi connectivity index (χ2n) is 9.00. The Hall–Kier alpha value is -4.30. The second kappa shape index (κ2) is 5.93. The summed E-state index contributed by atoms with van der Waals surface area (Å²) in [5.74, 6) is 0. The minimum atomic E-state index is -0.378. The molecule has 0 saturated carbocycles. The molecule has 0 saturated heterocycles. The molecule has 2 heterocycles. The predicted octanol–water partition coefficient (Wildman–Crippen LogP) is 8.01. The zero-order valence-corrected chi connectivity index (χ0v) is 17.8. The van der Waals surface area contributed by atoms with Crippen molar-refractivity contribution in [2.45, 2.75) is 5.41 Å². The zero-order chi connectivity index (χ0) is 21.6. The van der Waals surface area contributed by atoms with Gasteiger partial charge < -0.3 is 9.73 Å². The molecule has 1 aliphatic carbocycles. The Morgan fingerprint density at radius 1 is 0.485 bits per heavy atom. The quantitative estimate of drug-likeness (QED) is 0.268. The van der Waals surface area contributed by atoms with Crippen LogP contribution in [0.1, 0.15) is 22.3 Å². The summed E-state index contributed by atoms with van der Waals surface area (Å²) in [5.41, 5.74) is 11.6. The van der Waals surface area contributed by atoms with E-state index < -0.39 is 0 Å². The van der Waals surface area contributed by atoms with Crippen molar-refractivity contribution in [3.05, 3.63) is 131 Å². The fourth-order valence-corrected chi connectivity index (χ4v) is 6.21. The zero-order valence-electron chi connectivity index (χ0n) is 17.8. The molecular weight excluding hydrogens is 402 g/mol. The van der Waals surface area contributed by atoms with Crippen LogP contribution in [0.15, 0.2) is 114 Å². The summed E-state index contributed by atoms with van der Waals surface area (Å²) >= 11 is 0. The van der Waals surface area contributed by atoms with Crippen LogP contribution in [0.3, 0.4) is 0 Å². The minimum absolute atomic E-state index is 0.378. The molecule has 33 heavy (non-hydrogen) atoms. The van der Waals surface area contributed by atoms with Crippen molar-refractivity contribution < 1.29 is 4.42 Å². The number of nitrogens with one attached hydrogen (secondary N) is 1. The van der Waals surface area contributed by atoms with Gasteiger partial charge in [0.05, 0.1) is 5.41 Å². The average Bonchev–Trinajstić information content (AvgIpc) is 3.37. The summed E-state index contributed by atoms with van der Waals surface area (Å²) < 4.78 is 6.26. The first-order valence-corrected chi connectivity index (χ1v) is 11.4. The van der Waals surface area contributed by atoms with Gasteiger partial charge in [-0.25, -0.2) is 0 Å². The van der Waals surface area contributed by atoms with Gasteiger partial charge in [-0.15, -0.1) is 0 Å². The third-order valence-electron chi connectivity index (χ3n) is 7.47. The Kier molecular flexibility index (Phi) is 3.11. The lowest BCUT2D eigenvalue weighted by Gasteiger charge is -2.40. The van der Waals surface area contributed by atoms with Crippen molar-refractivity contribution >= 4 is 33.3 Å². The minimum Gasteiger partial charge on any atom is -0.456 e. The number of rotatable bonds is 0. The topological polar surface area (TPSA) is 25.2 Å². The number of hydrogen-bond donors (Lipinski definition) is 1. The molecule has 5 aromatic carbocycles. The normalized spacial score (nSPS) is 14.5. The summed E-state index contributed by atoms with van der Waals surface area (Å²) in [4.78, 5) is 0. The van der Waals surface area contributed by atoms with Crippen LogP contribution in [0.5, 0.6) is 0 Å². The first kappa shape index (κ1) is 17.3. The Labute approximate surface area is 191 Å². The number of hydrogen-bond acceptors (Lipinski definition) is 2. The molecule has 1 aliphatic heterocycles. The smallest absolute Gasteiger partial charge is 0.137 e. The van der Waals surface area contributed by atoms with Crippen molar-refractivity contribution in [3.8, 4) is 11.1 Å². The van der Waals surface area contributed by atoms with Gasteiger partial charge in [-0.2, -0.15) is 0 Å². The monoisotopic (exact) mass is 421 g/mol. The number of fused-ring (bicyclic) bond motifs is 12. The van der Waals surface area contributed by atoms with Gasteiger partial charge in [-0.3, -0.25) is 0 Å². The molecule has 2 heteroatoms. The summed E-state index contributed by atoms with van der Waals surface area (Å²) in [6, 6.07) is 39.4. The number of anilines is 2. The molecule has 0 bridgehead atoms. The predicted molar refractivity (Wildman–Crippen MR) is 134 cm³/mol. The second-order valence-corrected chi connectivity index (χ2v) is 9.00. The molecule has 2 aliphatic rings. The molecular formula is C31H19NO. The lowest BCUT2D eigenvalue weighted by molar-refractivity contribution is 0.668. The SMILES string of the molecule is c1ccc2c(c1)Nc1cc3oc4ccccc4c3cc1C21c2ccccc2-c2ccccc21. The van der Waals surface area contributed by atoms with E-state index in [1.807, 2.05) is 12.1 Å². The summed E-state index contributed by atoms with van der Waals surface area (Å²) in [6.07, 6.45) is 0. The van der Waals surface area contributed by atoms with E-state index in [-0.39, 0.29) is 5.41 Å². The van der Waals surface area contributed by atoms with Crippen molar-refractivity contribution in [1.82, 2.24) is 0 Å². The van der Waals surface area contributed by atoms with Crippen LogP contribution < -0.4 is 5.32 Å². The Morgan fingerprint density at radius 2 is 1.12 bits per heavy atom. The lowest BCUT2D eigenvalue weighted by Crippen LogP contribution is -2.33. The van der Waals surface area contributed by atoms with Gasteiger partial charge in [0, 0.05) is 28.2 Å². The Balaban J connectivity index is 1.60. The maximum atomic E-state index is 6.26. The van der Waals surface area contributed by atoms with Gasteiger partial charge in [0.15, 0.2) is 0 Å². The highest BCUT2D eigenvalue weighted by Crippen LogP contribution is 2.61. The van der Waals surface area contributed by atoms with Crippen molar-refractivity contribution in [2.24, 2.45) is 0 Å². The molecule has 0 unspecified atom stereocenters. The van der Waals surface area contributed by atoms with Gasteiger partial charge in [-0.05, 0) is 51.6 Å². The first-order chi connectivity index (χ1) is 16.4. The van der Waals surface area contributed by atoms with Gasteiger partial charge in [0.25, 0.3) is 0 Å². The van der Waals surface area contributed by atoms with Gasteiger partial charge >= 0.3 is 0 Å². The van der Waals surface area contributed by atoms with Crippen molar-refractivity contribution in [3.63, 3.8) is 0 Å². The molecule has 0 atom stereocenters. The number of para-hydroxylation sites is 2. The Bertz CT molecular complexity index is 1710. The van der Waals surface area contributed by atoms with Crippen LogP contribution in [0.2, 0.25) is 0 Å². The molecule has 2 nitrogen and oxygen atoms in total. The highest BCUT2D eigenvalue weighted by Gasteiger charge is 2.50. The maximum absolute atomic E-state index is 6.26. The van der Waals surface area contributed by atoms with Crippen LogP contribution in [0.25, 0.3) is 33.1 Å². The van der Waals surface area contributed by atoms with Crippen LogP contribution in [0, 0.1) is 0 Å². The van der Waals surface area contributed by atoms with Gasteiger partial charge in [-0.1, -0.05) is 84.9 Å². The van der Waals surface area contributed by atoms with E-state index in [4.69, 9.17) is 4.42 Å². The van der Waals surface area contributed by atoms with E-state index in [1.54, 1.807) is 0 Å². The molecule has 154 valence electrons. The van der Waals surface area contributed by atoms with Gasteiger partial charge in [0.2, 0.25) is 0 Å². The number of furan rings is 1. The summed E-state index contributed by atoms with van der Waals surface area (Å²) in [7, 11) is 0. The Morgan fingerprint density at radius 3 is 1.91 bits per heavy atom. The molecule has 0 radical (unpaired) electrons. The fourth-order valence-electron chi connectivity index (χ4n) is 6.21. The highest BCUT2D eigenvalue weighted by molar-refractivity contribution is 6.07. The van der Waals surface area contributed by atoms with Crippen molar-refractivity contribution in [1.29, 1.82) is 0 Å². The molecule has 0 amide bonds. The van der Waals surface area contributed by atoms with E-state index in [9.17, 15) is 0 Å². The largest absolute Gasteiger partial charge is 0.456 e. The molecule has 1 N–H and O–H groups in total. The van der Waals surface area contributed by atoms with Crippen LogP contribution in [-0.4, -0.2) is 0 Å². The molecule has 1 aromatic heterocycles. The van der Waals surface area contributed by atoms with E-state index in [2.05, 4.69) is 102 Å². The fraction of sp³-hybridized carbons (Fsp3) is 0.0323. The van der Waals surface area contributed by atoms with E-state index in [0.717, 1.165) is 33.3 Å². The van der Waals surface area contributed by atoms with Crippen molar-refractivity contribution in [2.75, 3.05) is 5.32 Å². The molecule has 8 rings (SSSR count). The van der Waals surface area contributed by atoms with E-state index in [0.29, 0.717) is 0 Å².